The SMILES string of the molecule is c1cc(-c2ccc(-c3cccc(-c4ccncc4)n3)cc2)cc(-c2nc3ccccc3c3nc4ccccn4c23)c1. The molecule has 8 rings (SSSR count). The maximum Gasteiger partial charge on any atom is 0.137 e. The minimum Gasteiger partial charge on any atom is -0.298 e. The van der Waals surface area contributed by atoms with Crippen molar-refractivity contribution in [2.24, 2.45) is 0 Å². The van der Waals surface area contributed by atoms with Crippen LogP contribution < -0.4 is 0 Å². The highest BCUT2D eigenvalue weighted by molar-refractivity contribution is 6.09. The van der Waals surface area contributed by atoms with Crippen LogP contribution in [-0.2, 0) is 0 Å². The molecule has 8 aromatic rings. The highest BCUT2D eigenvalue weighted by Crippen LogP contribution is 2.35. The molecule has 0 aliphatic carbocycles. The lowest BCUT2D eigenvalue weighted by Gasteiger charge is -2.10. The molecule has 5 heteroatoms. The topological polar surface area (TPSA) is 56.0 Å². The van der Waals surface area contributed by atoms with E-state index < -0.39 is 0 Å². The normalized spacial score (nSPS) is 11.4. The van der Waals surface area contributed by atoms with Gasteiger partial charge in [-0.3, -0.25) is 9.38 Å². The molecule has 0 amide bonds. The van der Waals surface area contributed by atoms with Crippen LogP contribution in [0.5, 0.6) is 0 Å². The molecule has 0 bridgehead atoms. The Hall–Kier alpha value is -5.68. The second-order valence-electron chi connectivity index (χ2n) is 10.0. The molecule has 41 heavy (non-hydrogen) atoms. The first-order valence-electron chi connectivity index (χ1n) is 13.6. The monoisotopic (exact) mass is 525 g/mol. The number of hydrogen-bond donors (Lipinski definition) is 0. The van der Waals surface area contributed by atoms with Crippen molar-refractivity contribution in [3.63, 3.8) is 0 Å². The summed E-state index contributed by atoms with van der Waals surface area (Å²) in [4.78, 5) is 19.1. The first kappa shape index (κ1) is 23.2. The fourth-order valence-electron chi connectivity index (χ4n) is 5.51. The lowest BCUT2D eigenvalue weighted by Crippen LogP contribution is -1.92. The van der Waals surface area contributed by atoms with Gasteiger partial charge in [-0.2, -0.15) is 0 Å². The second kappa shape index (κ2) is 9.50. The van der Waals surface area contributed by atoms with E-state index in [-0.39, 0.29) is 0 Å². The van der Waals surface area contributed by atoms with Gasteiger partial charge in [0.05, 0.1) is 28.1 Å². The molecule has 0 radical (unpaired) electrons. The van der Waals surface area contributed by atoms with Crippen LogP contribution in [0, 0.1) is 0 Å². The van der Waals surface area contributed by atoms with Crippen LogP contribution >= 0.6 is 0 Å². The zero-order valence-electron chi connectivity index (χ0n) is 22.0. The van der Waals surface area contributed by atoms with Crippen molar-refractivity contribution in [2.45, 2.75) is 0 Å². The van der Waals surface area contributed by atoms with Gasteiger partial charge in [0.1, 0.15) is 11.2 Å². The Kier molecular flexibility index (Phi) is 5.38. The largest absolute Gasteiger partial charge is 0.298 e. The number of rotatable bonds is 4. The van der Waals surface area contributed by atoms with Crippen molar-refractivity contribution in [1.29, 1.82) is 0 Å². The summed E-state index contributed by atoms with van der Waals surface area (Å²) < 4.78 is 2.14. The third kappa shape index (κ3) is 4.03. The fraction of sp³-hybridized carbons (Fsp3) is 0. The van der Waals surface area contributed by atoms with Crippen LogP contribution in [0.4, 0.5) is 0 Å². The zero-order chi connectivity index (χ0) is 27.2. The molecule has 0 fully saturated rings. The van der Waals surface area contributed by atoms with Crippen molar-refractivity contribution in [3.05, 3.63) is 140 Å². The quantitative estimate of drug-likeness (QED) is 0.231. The predicted molar refractivity (Wildman–Crippen MR) is 165 cm³/mol. The number of benzene rings is 3. The number of para-hydroxylation sites is 1. The molecule has 0 saturated heterocycles. The molecule has 5 nitrogen and oxygen atoms in total. The minimum absolute atomic E-state index is 0.912. The Labute approximate surface area is 236 Å². The van der Waals surface area contributed by atoms with Crippen molar-refractivity contribution < 1.29 is 0 Å². The van der Waals surface area contributed by atoms with E-state index in [4.69, 9.17) is 15.0 Å². The number of pyridine rings is 4. The lowest BCUT2D eigenvalue weighted by molar-refractivity contribution is 1.22. The molecule has 192 valence electrons. The molecular formula is C36H23N5. The maximum atomic E-state index is 5.14. The summed E-state index contributed by atoms with van der Waals surface area (Å²) in [6.07, 6.45) is 5.64. The van der Waals surface area contributed by atoms with Gasteiger partial charge >= 0.3 is 0 Å². The molecule has 5 heterocycles. The Morgan fingerprint density at radius 3 is 2.05 bits per heavy atom. The molecule has 5 aromatic heterocycles. The minimum atomic E-state index is 0.912. The lowest BCUT2D eigenvalue weighted by atomic mass is 9.99. The summed E-state index contributed by atoms with van der Waals surface area (Å²) in [5.74, 6) is 0. The average Bonchev–Trinajstić information content (AvgIpc) is 3.45. The summed E-state index contributed by atoms with van der Waals surface area (Å²) in [5, 5.41) is 1.06. The number of hydrogen-bond acceptors (Lipinski definition) is 4. The highest BCUT2D eigenvalue weighted by Gasteiger charge is 2.16. The van der Waals surface area contributed by atoms with E-state index in [1.807, 2.05) is 60.7 Å². The fourth-order valence-corrected chi connectivity index (χ4v) is 5.51. The third-order valence-electron chi connectivity index (χ3n) is 7.52. The summed E-state index contributed by atoms with van der Waals surface area (Å²) in [7, 11) is 0. The van der Waals surface area contributed by atoms with Crippen molar-refractivity contribution in [2.75, 3.05) is 0 Å². The van der Waals surface area contributed by atoms with Gasteiger partial charge in [0, 0.05) is 40.7 Å². The Morgan fingerprint density at radius 1 is 0.488 bits per heavy atom. The number of nitrogens with zero attached hydrogens (tertiary/aromatic N) is 5. The van der Waals surface area contributed by atoms with Gasteiger partial charge < -0.3 is 0 Å². The Bertz CT molecular complexity index is 2200. The molecule has 0 saturated carbocycles. The number of aromatic nitrogens is 5. The van der Waals surface area contributed by atoms with Crippen LogP contribution in [0.15, 0.2) is 140 Å². The molecule has 0 spiro atoms. The Balaban J connectivity index is 1.21. The van der Waals surface area contributed by atoms with Crippen molar-refractivity contribution in [1.82, 2.24) is 24.3 Å². The third-order valence-corrected chi connectivity index (χ3v) is 7.52. The predicted octanol–water partition coefficient (Wildman–Crippen LogP) is 8.49. The van der Waals surface area contributed by atoms with Gasteiger partial charge in [0.2, 0.25) is 0 Å². The van der Waals surface area contributed by atoms with E-state index in [0.29, 0.717) is 0 Å². The van der Waals surface area contributed by atoms with Crippen LogP contribution in [0.25, 0.3) is 72.5 Å². The average molecular weight is 526 g/mol. The van der Waals surface area contributed by atoms with E-state index in [1.54, 1.807) is 12.4 Å². The van der Waals surface area contributed by atoms with Gasteiger partial charge in [-0.15, -0.1) is 0 Å². The number of imidazole rings is 1. The first-order valence-corrected chi connectivity index (χ1v) is 13.6. The van der Waals surface area contributed by atoms with Gasteiger partial charge in [0.25, 0.3) is 0 Å². The van der Waals surface area contributed by atoms with E-state index in [1.165, 1.54) is 0 Å². The summed E-state index contributed by atoms with van der Waals surface area (Å²) in [6.45, 7) is 0. The Morgan fingerprint density at radius 2 is 1.20 bits per heavy atom. The molecule has 3 aromatic carbocycles. The van der Waals surface area contributed by atoms with Gasteiger partial charge in [0.15, 0.2) is 0 Å². The molecule has 0 unspecified atom stereocenters. The molecule has 0 aliphatic rings. The van der Waals surface area contributed by atoms with Crippen molar-refractivity contribution >= 4 is 27.6 Å². The summed E-state index contributed by atoms with van der Waals surface area (Å²) in [5.41, 5.74) is 12.1. The zero-order valence-corrected chi connectivity index (χ0v) is 22.0. The summed E-state index contributed by atoms with van der Waals surface area (Å²) >= 11 is 0. The van der Waals surface area contributed by atoms with Crippen LogP contribution in [0.3, 0.4) is 0 Å². The van der Waals surface area contributed by atoms with E-state index in [9.17, 15) is 0 Å². The van der Waals surface area contributed by atoms with Crippen LogP contribution in [0.2, 0.25) is 0 Å². The highest BCUT2D eigenvalue weighted by atomic mass is 15.0. The van der Waals surface area contributed by atoms with Gasteiger partial charge in [-0.1, -0.05) is 72.8 Å². The molecular weight excluding hydrogens is 502 g/mol. The van der Waals surface area contributed by atoms with E-state index >= 15 is 0 Å². The van der Waals surface area contributed by atoms with Gasteiger partial charge in [-0.25, -0.2) is 15.0 Å². The van der Waals surface area contributed by atoms with Crippen molar-refractivity contribution in [3.8, 4) is 44.9 Å². The summed E-state index contributed by atoms with van der Waals surface area (Å²) in [6, 6.07) is 41.6. The van der Waals surface area contributed by atoms with Crippen LogP contribution in [0.1, 0.15) is 0 Å². The van der Waals surface area contributed by atoms with Gasteiger partial charge in [-0.05, 0) is 59.7 Å². The molecule has 0 N–H and O–H groups in total. The smallest absolute Gasteiger partial charge is 0.137 e. The molecule has 0 aliphatic heterocycles. The molecule has 0 atom stereocenters. The first-order chi connectivity index (χ1) is 20.3. The second-order valence-corrected chi connectivity index (χ2v) is 10.0. The van der Waals surface area contributed by atoms with E-state index in [0.717, 1.165) is 72.5 Å². The maximum absolute atomic E-state index is 5.14. The standard InChI is InChI=1S/C36H23N5/c1-2-10-32-29(9-1)35-36(41-22-4-3-13-33(41)40-35)34(39-32)28-8-5-7-27(23-28)24-14-16-25(17-15-24)30-11-6-12-31(38-30)26-18-20-37-21-19-26/h1-23H. The van der Waals surface area contributed by atoms with Crippen LogP contribution in [-0.4, -0.2) is 24.3 Å². The van der Waals surface area contributed by atoms with E-state index in [2.05, 4.69) is 76.2 Å². The number of fused-ring (bicyclic) bond motifs is 5.